The second kappa shape index (κ2) is 17.9. The Morgan fingerprint density at radius 2 is 1.46 bits per heavy atom. The number of aliphatic carboxylic acids is 1. The molecule has 0 aliphatic carbocycles. The van der Waals surface area contributed by atoms with Crippen LogP contribution in [0.3, 0.4) is 0 Å². The molecule has 37 heavy (non-hydrogen) atoms. The quantitative estimate of drug-likeness (QED) is 0.0787. The molecule has 5 atom stereocenters. The molecule has 0 spiro atoms. The Hall–Kier alpha value is -3.46. The highest BCUT2D eigenvalue weighted by Gasteiger charge is 2.33. The summed E-state index contributed by atoms with van der Waals surface area (Å²) in [4.78, 5) is 72.3. The third kappa shape index (κ3) is 14.0. The Morgan fingerprint density at radius 1 is 0.838 bits per heavy atom. The van der Waals surface area contributed by atoms with Crippen molar-refractivity contribution in [3.8, 4) is 0 Å². The van der Waals surface area contributed by atoms with Crippen LogP contribution in [0.4, 0.5) is 4.79 Å². The molecule has 0 aromatic rings. The molecule has 0 rings (SSSR count). The van der Waals surface area contributed by atoms with Gasteiger partial charge in [0, 0.05) is 6.54 Å². The van der Waals surface area contributed by atoms with Gasteiger partial charge in [-0.3, -0.25) is 24.0 Å². The van der Waals surface area contributed by atoms with Crippen molar-refractivity contribution >= 4 is 35.6 Å². The third-order valence-electron chi connectivity index (χ3n) is 5.74. The molecule has 0 aromatic carbocycles. The van der Waals surface area contributed by atoms with E-state index in [2.05, 4.69) is 21.3 Å². The van der Waals surface area contributed by atoms with Crippen LogP contribution in [0.5, 0.6) is 0 Å². The predicted molar refractivity (Wildman–Crippen MR) is 134 cm³/mol. The fourth-order valence-electron chi connectivity index (χ4n) is 3.32. The maximum Gasteiger partial charge on any atom is 0.312 e. The van der Waals surface area contributed by atoms with Crippen molar-refractivity contribution in [2.45, 2.75) is 83.0 Å². The molecular formula is C22H42N8O7. The van der Waals surface area contributed by atoms with Gasteiger partial charge in [-0.05, 0) is 38.1 Å². The molecule has 0 saturated carbocycles. The van der Waals surface area contributed by atoms with E-state index in [0.717, 1.165) is 0 Å². The number of hydrogen-bond acceptors (Lipinski definition) is 8. The number of rotatable bonds is 19. The van der Waals surface area contributed by atoms with Gasteiger partial charge < -0.3 is 49.3 Å². The second-order valence-electron chi connectivity index (χ2n) is 8.82. The van der Waals surface area contributed by atoms with Crippen LogP contribution in [-0.2, 0) is 24.0 Å². The number of nitrogens with one attached hydrogen (secondary N) is 4. The van der Waals surface area contributed by atoms with E-state index in [9.17, 15) is 33.9 Å². The molecule has 0 saturated heterocycles. The van der Waals surface area contributed by atoms with Gasteiger partial charge in [-0.15, -0.1) is 0 Å². The van der Waals surface area contributed by atoms with Gasteiger partial charge in [0.15, 0.2) is 0 Å². The van der Waals surface area contributed by atoms with Crippen molar-refractivity contribution in [3.63, 3.8) is 0 Å². The average molecular weight is 531 g/mol. The molecule has 15 heteroatoms. The van der Waals surface area contributed by atoms with E-state index in [-0.39, 0.29) is 19.4 Å². The van der Waals surface area contributed by atoms with Crippen LogP contribution in [0.2, 0.25) is 0 Å². The van der Waals surface area contributed by atoms with Crippen LogP contribution >= 0.6 is 0 Å². The number of urea groups is 1. The molecule has 13 N–H and O–H groups in total. The van der Waals surface area contributed by atoms with Gasteiger partial charge in [0.1, 0.15) is 18.1 Å². The molecule has 0 aromatic heterocycles. The second-order valence-corrected chi connectivity index (χ2v) is 8.82. The van der Waals surface area contributed by atoms with Gasteiger partial charge in [-0.25, -0.2) is 4.79 Å². The van der Waals surface area contributed by atoms with Crippen molar-refractivity contribution in [2.24, 2.45) is 28.9 Å². The van der Waals surface area contributed by atoms with E-state index in [1.807, 2.05) is 0 Å². The van der Waals surface area contributed by atoms with E-state index in [1.165, 1.54) is 0 Å². The third-order valence-corrected chi connectivity index (χ3v) is 5.74. The minimum atomic E-state index is -1.49. The summed E-state index contributed by atoms with van der Waals surface area (Å²) < 4.78 is 0. The van der Waals surface area contributed by atoms with Crippen LogP contribution in [0.25, 0.3) is 0 Å². The number of nitrogens with two attached hydrogens (primary N) is 4. The first-order chi connectivity index (χ1) is 17.3. The Balaban J connectivity index is 5.44. The van der Waals surface area contributed by atoms with Crippen LogP contribution < -0.4 is 44.2 Å². The highest BCUT2D eigenvalue weighted by atomic mass is 16.4. The molecule has 0 radical (unpaired) electrons. The molecule has 6 amide bonds. The Morgan fingerprint density at radius 3 is 1.97 bits per heavy atom. The zero-order valence-corrected chi connectivity index (χ0v) is 21.5. The monoisotopic (exact) mass is 530 g/mol. The normalized spacial score (nSPS) is 14.8. The zero-order chi connectivity index (χ0) is 28.5. The van der Waals surface area contributed by atoms with E-state index >= 15 is 0 Å². The topological polar surface area (TPSA) is 275 Å². The maximum atomic E-state index is 13.0. The van der Waals surface area contributed by atoms with Crippen LogP contribution in [0.1, 0.15) is 58.8 Å². The highest BCUT2D eigenvalue weighted by Crippen LogP contribution is 2.10. The summed E-state index contributed by atoms with van der Waals surface area (Å²) in [5, 5.41) is 18.9. The molecular weight excluding hydrogens is 488 g/mol. The molecule has 212 valence electrons. The summed E-state index contributed by atoms with van der Waals surface area (Å²) in [6.45, 7) is 4.04. The number of primary amides is 2. The average Bonchev–Trinajstić information content (AvgIpc) is 2.82. The van der Waals surface area contributed by atoms with Gasteiger partial charge >= 0.3 is 12.0 Å². The Bertz CT molecular complexity index is 795. The lowest BCUT2D eigenvalue weighted by molar-refractivity contribution is -0.141. The Kier molecular flexibility index (Phi) is 16.2. The van der Waals surface area contributed by atoms with E-state index in [0.29, 0.717) is 32.2 Å². The fourth-order valence-corrected chi connectivity index (χ4v) is 3.32. The van der Waals surface area contributed by atoms with Crippen molar-refractivity contribution in [1.82, 2.24) is 21.3 Å². The maximum absolute atomic E-state index is 13.0. The highest BCUT2D eigenvalue weighted by molar-refractivity contribution is 5.96. The number of carbonyl (C=O) groups is 6. The number of carboxylic acids is 1. The van der Waals surface area contributed by atoms with Gasteiger partial charge in [-0.1, -0.05) is 26.7 Å². The molecule has 15 nitrogen and oxygen atoms in total. The molecule has 0 bridgehead atoms. The van der Waals surface area contributed by atoms with Crippen molar-refractivity contribution in [2.75, 3.05) is 13.1 Å². The first kappa shape index (κ1) is 33.5. The van der Waals surface area contributed by atoms with E-state index in [4.69, 9.17) is 22.9 Å². The smallest absolute Gasteiger partial charge is 0.312 e. The molecule has 0 aliphatic rings. The number of carbonyl (C=O) groups excluding carboxylic acids is 5. The first-order valence-corrected chi connectivity index (χ1v) is 12.2. The lowest BCUT2D eigenvalue weighted by Gasteiger charge is -2.28. The van der Waals surface area contributed by atoms with Gasteiger partial charge in [0.25, 0.3) is 0 Å². The predicted octanol–water partition coefficient (Wildman–Crippen LogP) is -2.65. The summed E-state index contributed by atoms with van der Waals surface area (Å²) in [5.74, 6) is -4.91. The van der Waals surface area contributed by atoms with Crippen LogP contribution in [0.15, 0.2) is 0 Å². The lowest BCUT2D eigenvalue weighted by atomic mass is 9.97. The molecule has 5 unspecified atom stereocenters. The summed E-state index contributed by atoms with van der Waals surface area (Å²) >= 11 is 0. The molecule has 0 aliphatic heterocycles. The summed E-state index contributed by atoms with van der Waals surface area (Å²) in [7, 11) is 0. The van der Waals surface area contributed by atoms with Gasteiger partial charge in [0.05, 0.1) is 12.5 Å². The van der Waals surface area contributed by atoms with E-state index < -0.39 is 72.1 Å². The summed E-state index contributed by atoms with van der Waals surface area (Å²) in [6.07, 6.45) is 1.63. The number of hydrogen-bond donors (Lipinski definition) is 9. The first-order valence-electron chi connectivity index (χ1n) is 12.2. The lowest BCUT2D eigenvalue weighted by Crippen LogP contribution is -2.59. The van der Waals surface area contributed by atoms with Crippen LogP contribution in [-0.4, -0.2) is 78.0 Å². The molecule has 0 heterocycles. The fraction of sp³-hybridized carbons (Fsp3) is 0.727. The van der Waals surface area contributed by atoms with Gasteiger partial charge in [-0.2, -0.15) is 0 Å². The van der Waals surface area contributed by atoms with Crippen molar-refractivity contribution in [1.29, 1.82) is 0 Å². The van der Waals surface area contributed by atoms with Crippen LogP contribution in [0, 0.1) is 5.92 Å². The number of unbranched alkanes of at least 4 members (excludes halogenated alkanes) is 1. The SMILES string of the molecule is CCC(C)C(NC(=O)C(CC(=O)O)NC(=O)C(N)CCCCN)C(=O)NC(CCCNC(N)=O)C(N)=O. The minimum Gasteiger partial charge on any atom is -0.481 e. The summed E-state index contributed by atoms with van der Waals surface area (Å²) in [5.41, 5.74) is 21.6. The largest absolute Gasteiger partial charge is 0.481 e. The summed E-state index contributed by atoms with van der Waals surface area (Å²) in [6, 6.07) is -5.44. The molecule has 0 fully saturated rings. The van der Waals surface area contributed by atoms with Crippen molar-refractivity contribution in [3.05, 3.63) is 0 Å². The minimum absolute atomic E-state index is 0.0995. The number of amides is 6. The van der Waals surface area contributed by atoms with E-state index in [1.54, 1.807) is 13.8 Å². The Labute approximate surface area is 216 Å². The standard InChI is InChI=1S/C22H42N8O7/c1-3-12(2)17(21(36)28-14(18(25)33)8-6-10-27-22(26)37)30-20(35)15(11-16(31)32)29-19(34)13(24)7-4-5-9-23/h12-15,17H,3-11,23-24H2,1-2H3,(H2,25,33)(H,28,36)(H,29,34)(H,30,35)(H,31,32)(H3,26,27,37). The van der Waals surface area contributed by atoms with Crippen molar-refractivity contribution < 1.29 is 33.9 Å². The van der Waals surface area contributed by atoms with Gasteiger partial charge in [0.2, 0.25) is 23.6 Å². The zero-order valence-electron chi connectivity index (χ0n) is 21.5. The number of carboxylic acid groups (broad SMARTS) is 1.